The second-order valence-electron chi connectivity index (χ2n) is 5.86. The summed E-state index contributed by atoms with van der Waals surface area (Å²) in [5.41, 5.74) is 0.448. The molecule has 0 heterocycles. The first kappa shape index (κ1) is 19.4. The van der Waals surface area contributed by atoms with Crippen LogP contribution in [0.3, 0.4) is 0 Å². The van der Waals surface area contributed by atoms with Gasteiger partial charge in [0.1, 0.15) is 11.5 Å². The first-order valence-electron chi connectivity index (χ1n) is 8.49. The van der Waals surface area contributed by atoms with Crippen LogP contribution in [0.1, 0.15) is 0 Å². The van der Waals surface area contributed by atoms with Crippen molar-refractivity contribution >= 4 is 21.7 Å². The van der Waals surface area contributed by atoms with Gasteiger partial charge in [-0.15, -0.1) is 0 Å². The molecule has 0 N–H and O–H groups in total. The molecule has 6 nitrogen and oxygen atoms in total. The average Bonchev–Trinajstić information content (AvgIpc) is 2.73. The van der Waals surface area contributed by atoms with Gasteiger partial charge in [0, 0.05) is 7.05 Å². The third kappa shape index (κ3) is 4.69. The Hall–Kier alpha value is -3.32. The van der Waals surface area contributed by atoms with E-state index in [0.29, 0.717) is 17.2 Å². The second-order valence-corrected chi connectivity index (χ2v) is 7.82. The molecular formula is C21H19NO5S. The highest BCUT2D eigenvalue weighted by Gasteiger charge is 2.20. The monoisotopic (exact) mass is 397 g/mol. The number of sulfonamides is 1. The summed E-state index contributed by atoms with van der Waals surface area (Å²) in [4.78, 5) is 12.1. The van der Waals surface area contributed by atoms with Crippen molar-refractivity contribution in [1.82, 2.24) is 0 Å². The van der Waals surface area contributed by atoms with Crippen molar-refractivity contribution in [3.8, 4) is 11.5 Å². The number of ether oxygens (including phenoxy) is 2. The quantitative estimate of drug-likeness (QED) is 0.451. The fourth-order valence-corrected chi connectivity index (χ4v) is 3.65. The number of esters is 1. The van der Waals surface area contributed by atoms with Crippen LogP contribution in [-0.4, -0.2) is 28.0 Å². The van der Waals surface area contributed by atoms with E-state index in [4.69, 9.17) is 9.47 Å². The maximum Gasteiger partial charge on any atom is 0.349 e. The summed E-state index contributed by atoms with van der Waals surface area (Å²) in [5.74, 6) is 0.320. The number of hydrogen-bond acceptors (Lipinski definition) is 5. The Balaban J connectivity index is 1.62. The van der Waals surface area contributed by atoms with Gasteiger partial charge >= 0.3 is 5.97 Å². The van der Waals surface area contributed by atoms with Crippen molar-refractivity contribution in [2.24, 2.45) is 0 Å². The molecular weight excluding hydrogens is 378 g/mol. The number of carbonyl (C=O) groups is 1. The molecule has 0 aromatic heterocycles. The third-order valence-electron chi connectivity index (χ3n) is 3.93. The molecule has 0 unspecified atom stereocenters. The topological polar surface area (TPSA) is 72.9 Å². The highest BCUT2D eigenvalue weighted by Crippen LogP contribution is 2.24. The summed E-state index contributed by atoms with van der Waals surface area (Å²) < 4.78 is 37.0. The largest absolute Gasteiger partial charge is 0.482 e. The van der Waals surface area contributed by atoms with Crippen molar-refractivity contribution < 1.29 is 22.7 Å². The SMILES string of the molecule is CN(c1ccc(OC(=O)COc2ccccc2)cc1)S(=O)(=O)c1ccccc1. The summed E-state index contributed by atoms with van der Waals surface area (Å²) in [6.07, 6.45) is 0. The Labute approximate surface area is 164 Å². The Morgan fingerprint density at radius 3 is 2.00 bits per heavy atom. The van der Waals surface area contributed by atoms with Crippen LogP contribution in [0.25, 0.3) is 0 Å². The van der Waals surface area contributed by atoms with E-state index in [-0.39, 0.29) is 11.5 Å². The highest BCUT2D eigenvalue weighted by atomic mass is 32.2. The van der Waals surface area contributed by atoms with E-state index in [0.717, 1.165) is 0 Å². The van der Waals surface area contributed by atoms with Crippen molar-refractivity contribution in [2.45, 2.75) is 4.90 Å². The molecule has 0 amide bonds. The van der Waals surface area contributed by atoms with Crippen molar-refractivity contribution in [3.05, 3.63) is 84.9 Å². The van der Waals surface area contributed by atoms with Gasteiger partial charge in [0.25, 0.3) is 10.0 Å². The standard InChI is InChI=1S/C21H19NO5S/c1-22(28(24,25)20-10-6-3-7-11-20)17-12-14-19(15-13-17)27-21(23)16-26-18-8-4-2-5-9-18/h2-15H,16H2,1H3. The maximum absolute atomic E-state index is 12.6. The van der Waals surface area contributed by atoms with Crippen LogP contribution in [0.2, 0.25) is 0 Å². The molecule has 7 heteroatoms. The Bertz CT molecular complexity index is 1020. The zero-order valence-corrected chi connectivity index (χ0v) is 16.0. The molecule has 0 aliphatic heterocycles. The first-order valence-corrected chi connectivity index (χ1v) is 9.93. The van der Waals surface area contributed by atoms with Crippen LogP contribution in [0.5, 0.6) is 11.5 Å². The molecule has 0 radical (unpaired) electrons. The predicted octanol–water partition coefficient (Wildman–Crippen LogP) is 3.50. The van der Waals surface area contributed by atoms with Gasteiger partial charge in [0.05, 0.1) is 10.6 Å². The van der Waals surface area contributed by atoms with Crippen LogP contribution >= 0.6 is 0 Å². The lowest BCUT2D eigenvalue weighted by atomic mass is 10.3. The normalized spacial score (nSPS) is 10.9. The Morgan fingerprint density at radius 1 is 0.821 bits per heavy atom. The average molecular weight is 397 g/mol. The van der Waals surface area contributed by atoms with Crippen LogP contribution in [0.4, 0.5) is 5.69 Å². The van der Waals surface area contributed by atoms with Crippen molar-refractivity contribution in [3.63, 3.8) is 0 Å². The summed E-state index contributed by atoms with van der Waals surface area (Å²) in [5, 5.41) is 0. The molecule has 3 aromatic carbocycles. The molecule has 0 saturated heterocycles. The van der Waals surface area contributed by atoms with Gasteiger partial charge < -0.3 is 9.47 Å². The summed E-state index contributed by atoms with van der Waals surface area (Å²) in [6, 6.07) is 23.3. The molecule has 3 rings (SSSR count). The van der Waals surface area contributed by atoms with Crippen LogP contribution in [-0.2, 0) is 14.8 Å². The van der Waals surface area contributed by atoms with Crippen molar-refractivity contribution in [1.29, 1.82) is 0 Å². The minimum atomic E-state index is -3.66. The smallest absolute Gasteiger partial charge is 0.349 e. The van der Waals surface area contributed by atoms with Gasteiger partial charge in [0.15, 0.2) is 6.61 Å². The van der Waals surface area contributed by atoms with E-state index < -0.39 is 16.0 Å². The maximum atomic E-state index is 12.6. The number of carbonyl (C=O) groups excluding carboxylic acids is 1. The minimum absolute atomic E-state index is 0.200. The minimum Gasteiger partial charge on any atom is -0.482 e. The molecule has 0 aliphatic carbocycles. The molecule has 0 fully saturated rings. The Kier molecular flexibility index (Phi) is 5.96. The van der Waals surface area contributed by atoms with Crippen LogP contribution in [0, 0.1) is 0 Å². The van der Waals surface area contributed by atoms with E-state index >= 15 is 0 Å². The lowest BCUT2D eigenvalue weighted by Gasteiger charge is -2.19. The molecule has 0 aliphatic rings. The van der Waals surface area contributed by atoms with E-state index in [1.165, 1.54) is 35.6 Å². The van der Waals surface area contributed by atoms with Crippen LogP contribution < -0.4 is 13.8 Å². The molecule has 3 aromatic rings. The molecule has 144 valence electrons. The van der Waals surface area contributed by atoms with Gasteiger partial charge in [0.2, 0.25) is 0 Å². The molecule has 0 saturated carbocycles. The van der Waals surface area contributed by atoms with E-state index in [1.54, 1.807) is 54.6 Å². The zero-order valence-electron chi connectivity index (χ0n) is 15.2. The fourth-order valence-electron chi connectivity index (χ4n) is 2.43. The lowest BCUT2D eigenvalue weighted by molar-refractivity contribution is -0.136. The third-order valence-corrected chi connectivity index (χ3v) is 5.73. The number of benzene rings is 3. The number of hydrogen-bond donors (Lipinski definition) is 0. The number of nitrogens with zero attached hydrogens (tertiary/aromatic N) is 1. The van der Waals surface area contributed by atoms with Crippen molar-refractivity contribution in [2.75, 3.05) is 18.0 Å². The van der Waals surface area contributed by atoms with E-state index in [9.17, 15) is 13.2 Å². The zero-order chi connectivity index (χ0) is 20.0. The van der Waals surface area contributed by atoms with Crippen LogP contribution in [0.15, 0.2) is 89.8 Å². The summed E-state index contributed by atoms with van der Waals surface area (Å²) in [6.45, 7) is -0.228. The van der Waals surface area contributed by atoms with Gasteiger partial charge in [-0.1, -0.05) is 36.4 Å². The van der Waals surface area contributed by atoms with Gasteiger partial charge in [-0.05, 0) is 48.5 Å². The second kappa shape index (κ2) is 8.58. The Morgan fingerprint density at radius 2 is 1.39 bits per heavy atom. The van der Waals surface area contributed by atoms with Gasteiger partial charge in [-0.3, -0.25) is 4.31 Å². The fraction of sp³-hybridized carbons (Fsp3) is 0.0952. The first-order chi connectivity index (χ1) is 13.5. The lowest BCUT2D eigenvalue weighted by Crippen LogP contribution is -2.26. The highest BCUT2D eigenvalue weighted by molar-refractivity contribution is 7.92. The van der Waals surface area contributed by atoms with E-state index in [2.05, 4.69) is 0 Å². The summed E-state index contributed by atoms with van der Waals surface area (Å²) >= 11 is 0. The number of para-hydroxylation sites is 1. The summed E-state index contributed by atoms with van der Waals surface area (Å²) in [7, 11) is -2.19. The number of anilines is 1. The van der Waals surface area contributed by atoms with Gasteiger partial charge in [-0.2, -0.15) is 0 Å². The number of rotatable bonds is 7. The molecule has 0 bridgehead atoms. The molecule has 0 spiro atoms. The predicted molar refractivity (Wildman–Crippen MR) is 106 cm³/mol. The molecule has 0 atom stereocenters. The van der Waals surface area contributed by atoms with E-state index in [1.807, 2.05) is 6.07 Å². The van der Waals surface area contributed by atoms with Gasteiger partial charge in [-0.25, -0.2) is 13.2 Å². The molecule has 28 heavy (non-hydrogen) atoms.